The highest BCUT2D eigenvalue weighted by Crippen LogP contribution is 2.27. The van der Waals surface area contributed by atoms with Crippen LogP contribution in [0.15, 0.2) is 4.47 Å². The molecule has 0 N–H and O–H groups in total. The van der Waals surface area contributed by atoms with E-state index in [1.165, 1.54) is 14.0 Å². The molecule has 1 amide bonds. The molecular formula is C12H16BrN3O4. The van der Waals surface area contributed by atoms with Crippen LogP contribution in [0.2, 0.25) is 0 Å². The molecule has 110 valence electrons. The zero-order chi connectivity index (χ0) is 15.3. The Balaban J connectivity index is 3.12. The van der Waals surface area contributed by atoms with E-state index in [0.29, 0.717) is 16.0 Å². The zero-order valence-corrected chi connectivity index (χ0v) is 13.4. The van der Waals surface area contributed by atoms with Gasteiger partial charge in [-0.1, -0.05) is 0 Å². The molecule has 0 aliphatic rings. The van der Waals surface area contributed by atoms with Gasteiger partial charge in [-0.3, -0.25) is 14.5 Å². The van der Waals surface area contributed by atoms with Crippen molar-refractivity contribution in [2.75, 3.05) is 25.2 Å². The number of esters is 1. The molecule has 1 aromatic rings. The van der Waals surface area contributed by atoms with E-state index in [0.717, 1.165) is 4.90 Å². The maximum absolute atomic E-state index is 11.7. The first-order valence-corrected chi connectivity index (χ1v) is 6.71. The van der Waals surface area contributed by atoms with Crippen LogP contribution in [-0.4, -0.2) is 42.1 Å². The smallest absolute Gasteiger partial charge is 0.326 e. The summed E-state index contributed by atoms with van der Waals surface area (Å²) >= 11 is 3.29. The molecule has 1 heterocycles. The monoisotopic (exact) mass is 345 g/mol. The largest absolute Gasteiger partial charge is 0.480 e. The van der Waals surface area contributed by atoms with E-state index in [4.69, 9.17) is 9.47 Å². The van der Waals surface area contributed by atoms with Crippen molar-refractivity contribution >= 4 is 33.8 Å². The number of halogens is 1. The van der Waals surface area contributed by atoms with Crippen LogP contribution < -0.4 is 9.64 Å². The van der Waals surface area contributed by atoms with Crippen LogP contribution in [0, 0.1) is 6.92 Å². The Morgan fingerprint density at radius 2 is 2.00 bits per heavy atom. The zero-order valence-electron chi connectivity index (χ0n) is 11.8. The third-order valence-corrected chi connectivity index (χ3v) is 3.30. The van der Waals surface area contributed by atoms with Crippen LogP contribution in [0.1, 0.15) is 19.5 Å². The van der Waals surface area contributed by atoms with E-state index in [9.17, 15) is 9.59 Å². The van der Waals surface area contributed by atoms with Gasteiger partial charge in [0.25, 0.3) is 0 Å². The third-order valence-electron chi connectivity index (χ3n) is 2.38. The van der Waals surface area contributed by atoms with Gasteiger partial charge < -0.3 is 9.47 Å². The molecule has 1 aromatic heterocycles. The topological polar surface area (TPSA) is 81.6 Å². The number of carbonyl (C=O) groups excluding carboxylic acids is 2. The maximum atomic E-state index is 11.7. The fourth-order valence-corrected chi connectivity index (χ4v) is 1.77. The summed E-state index contributed by atoms with van der Waals surface area (Å²) in [6.45, 7) is 4.76. The summed E-state index contributed by atoms with van der Waals surface area (Å²) in [6.07, 6.45) is 0. The average molecular weight is 346 g/mol. The number of nitrogens with zero attached hydrogens (tertiary/aromatic N) is 3. The van der Waals surface area contributed by atoms with Gasteiger partial charge in [0.15, 0.2) is 0 Å². The van der Waals surface area contributed by atoms with Crippen LogP contribution in [0.5, 0.6) is 5.88 Å². The average Bonchev–Trinajstić information content (AvgIpc) is 2.39. The van der Waals surface area contributed by atoms with Gasteiger partial charge in [-0.15, -0.1) is 0 Å². The predicted molar refractivity (Wildman–Crippen MR) is 75.7 cm³/mol. The normalized spacial score (nSPS) is 10.1. The van der Waals surface area contributed by atoms with Gasteiger partial charge in [0.05, 0.1) is 19.4 Å². The second kappa shape index (κ2) is 7.18. The van der Waals surface area contributed by atoms with Crippen LogP contribution in [0.25, 0.3) is 0 Å². The van der Waals surface area contributed by atoms with Crippen LogP contribution >= 0.6 is 15.9 Å². The number of methoxy groups -OCH3 is 1. The fraction of sp³-hybridized carbons (Fsp3) is 0.500. The highest BCUT2D eigenvalue weighted by atomic mass is 79.9. The number of carbonyl (C=O) groups is 2. The molecule has 0 radical (unpaired) electrons. The van der Waals surface area contributed by atoms with Gasteiger partial charge in [0.2, 0.25) is 17.7 Å². The van der Waals surface area contributed by atoms with Crippen molar-refractivity contribution in [3.8, 4) is 5.88 Å². The molecule has 0 fully saturated rings. The van der Waals surface area contributed by atoms with Crippen LogP contribution in [-0.2, 0) is 14.3 Å². The lowest BCUT2D eigenvalue weighted by Gasteiger charge is -2.19. The number of ether oxygens (including phenoxy) is 2. The lowest BCUT2D eigenvalue weighted by atomic mass is 10.4. The van der Waals surface area contributed by atoms with E-state index in [2.05, 4.69) is 25.9 Å². The number of rotatable bonds is 5. The van der Waals surface area contributed by atoms with E-state index >= 15 is 0 Å². The first kappa shape index (κ1) is 16.4. The summed E-state index contributed by atoms with van der Waals surface area (Å²) in [5.41, 5.74) is 0.599. The maximum Gasteiger partial charge on any atom is 0.326 e. The summed E-state index contributed by atoms with van der Waals surface area (Å²) in [6, 6.07) is 0. The van der Waals surface area contributed by atoms with Gasteiger partial charge in [0, 0.05) is 6.92 Å². The summed E-state index contributed by atoms with van der Waals surface area (Å²) in [5, 5.41) is 0. The second-order valence-corrected chi connectivity index (χ2v) is 4.64. The quantitative estimate of drug-likeness (QED) is 0.751. The van der Waals surface area contributed by atoms with Gasteiger partial charge in [0.1, 0.15) is 11.0 Å². The highest BCUT2D eigenvalue weighted by molar-refractivity contribution is 9.10. The van der Waals surface area contributed by atoms with E-state index < -0.39 is 5.97 Å². The van der Waals surface area contributed by atoms with E-state index in [1.54, 1.807) is 13.8 Å². The lowest BCUT2D eigenvalue weighted by molar-refractivity contribution is -0.142. The number of hydrogen-bond donors (Lipinski definition) is 0. The second-order valence-electron chi connectivity index (χ2n) is 3.84. The van der Waals surface area contributed by atoms with Crippen LogP contribution in [0.4, 0.5) is 5.95 Å². The van der Waals surface area contributed by atoms with Crippen molar-refractivity contribution < 1.29 is 19.1 Å². The Morgan fingerprint density at radius 3 is 2.50 bits per heavy atom. The number of aryl methyl sites for hydroxylation is 1. The minimum Gasteiger partial charge on any atom is -0.480 e. The van der Waals surface area contributed by atoms with Crippen LogP contribution in [0.3, 0.4) is 0 Å². The standard InChI is InChI=1S/C12H16BrN3O4/c1-5-20-9(18)6-16(8(3)17)12-14-7(2)10(13)11(15-12)19-4/h5-6H2,1-4H3. The van der Waals surface area contributed by atoms with E-state index in [1.807, 2.05) is 0 Å². The number of amides is 1. The molecular weight excluding hydrogens is 330 g/mol. The Kier molecular flexibility index (Phi) is 5.87. The Hall–Kier alpha value is -1.70. The molecule has 0 aliphatic heterocycles. The molecule has 0 aromatic carbocycles. The molecule has 0 unspecified atom stereocenters. The minimum absolute atomic E-state index is 0.100. The molecule has 20 heavy (non-hydrogen) atoms. The van der Waals surface area contributed by atoms with Gasteiger partial charge in [-0.05, 0) is 29.8 Å². The summed E-state index contributed by atoms with van der Waals surface area (Å²) in [5.74, 6) is -0.488. The summed E-state index contributed by atoms with van der Waals surface area (Å²) in [7, 11) is 1.46. The third kappa shape index (κ3) is 3.89. The van der Waals surface area contributed by atoms with Crippen molar-refractivity contribution in [2.45, 2.75) is 20.8 Å². The first-order chi connectivity index (χ1) is 9.40. The molecule has 0 bridgehead atoms. The molecule has 1 rings (SSSR count). The van der Waals surface area contributed by atoms with E-state index in [-0.39, 0.29) is 25.0 Å². The SMILES string of the molecule is CCOC(=O)CN(C(C)=O)c1nc(C)c(Br)c(OC)n1. The molecule has 0 spiro atoms. The molecule has 7 nitrogen and oxygen atoms in total. The molecule has 0 aliphatic carbocycles. The molecule has 0 atom stereocenters. The Morgan fingerprint density at radius 1 is 1.35 bits per heavy atom. The number of aromatic nitrogens is 2. The highest BCUT2D eigenvalue weighted by Gasteiger charge is 2.21. The van der Waals surface area contributed by atoms with Gasteiger partial charge in [-0.2, -0.15) is 4.98 Å². The minimum atomic E-state index is -0.522. The van der Waals surface area contributed by atoms with Crippen molar-refractivity contribution in [2.24, 2.45) is 0 Å². The molecule has 0 saturated carbocycles. The van der Waals surface area contributed by atoms with Gasteiger partial charge >= 0.3 is 5.97 Å². The van der Waals surface area contributed by atoms with Crippen molar-refractivity contribution in [1.82, 2.24) is 9.97 Å². The first-order valence-electron chi connectivity index (χ1n) is 5.92. The predicted octanol–water partition coefficient (Wildman–Crippen LogP) is 1.47. The summed E-state index contributed by atoms with van der Waals surface area (Å²) < 4.78 is 10.5. The van der Waals surface area contributed by atoms with Gasteiger partial charge in [-0.25, -0.2) is 4.98 Å². The van der Waals surface area contributed by atoms with Crippen molar-refractivity contribution in [1.29, 1.82) is 0 Å². The Labute approximate surface area is 125 Å². The number of hydrogen-bond acceptors (Lipinski definition) is 6. The summed E-state index contributed by atoms with van der Waals surface area (Å²) in [4.78, 5) is 32.6. The molecule has 8 heteroatoms. The lowest BCUT2D eigenvalue weighted by Crippen LogP contribution is -2.36. The van der Waals surface area contributed by atoms with Crippen molar-refractivity contribution in [3.63, 3.8) is 0 Å². The molecule has 0 saturated heterocycles. The number of anilines is 1. The fourth-order valence-electron chi connectivity index (χ4n) is 1.43. The van der Waals surface area contributed by atoms with Crippen molar-refractivity contribution in [3.05, 3.63) is 10.2 Å². The Bertz CT molecular complexity index is 522.